The van der Waals surface area contributed by atoms with E-state index < -0.39 is 5.25 Å². The Bertz CT molecular complexity index is 986. The van der Waals surface area contributed by atoms with Crippen LogP contribution in [0.2, 0.25) is 0 Å². The average molecular weight is 412 g/mol. The summed E-state index contributed by atoms with van der Waals surface area (Å²) in [5, 5.41) is 2.90. The molecule has 29 heavy (non-hydrogen) atoms. The van der Waals surface area contributed by atoms with E-state index in [-0.39, 0.29) is 30.1 Å². The van der Waals surface area contributed by atoms with E-state index in [0.29, 0.717) is 10.9 Å². The molecule has 2 aromatic carbocycles. The van der Waals surface area contributed by atoms with Gasteiger partial charge in [0.2, 0.25) is 11.8 Å². The van der Waals surface area contributed by atoms with Crippen molar-refractivity contribution in [2.75, 3.05) is 5.32 Å². The van der Waals surface area contributed by atoms with Gasteiger partial charge in [-0.15, -0.1) is 0 Å². The Balaban J connectivity index is 1.51. The number of hydrogen-bond acceptors (Lipinski definition) is 4. The number of nitrogens with one attached hydrogen (secondary N) is 1. The molecule has 0 aromatic heterocycles. The molecule has 2 aromatic rings. The van der Waals surface area contributed by atoms with Crippen LogP contribution in [0.4, 0.5) is 15.8 Å². The van der Waals surface area contributed by atoms with Gasteiger partial charge in [-0.05, 0) is 68.1 Å². The lowest BCUT2D eigenvalue weighted by Gasteiger charge is -2.15. The van der Waals surface area contributed by atoms with Gasteiger partial charge in [0, 0.05) is 18.2 Å². The zero-order valence-electron chi connectivity index (χ0n) is 16.3. The molecule has 1 aliphatic carbocycles. The molecule has 2 amide bonds. The number of carbonyl (C=O) groups is 2. The van der Waals surface area contributed by atoms with Gasteiger partial charge in [0.25, 0.3) is 0 Å². The molecule has 150 valence electrons. The van der Waals surface area contributed by atoms with Crippen molar-refractivity contribution >= 4 is 40.1 Å². The van der Waals surface area contributed by atoms with Crippen molar-refractivity contribution in [3.05, 3.63) is 59.4 Å². The largest absolute Gasteiger partial charge is 0.326 e. The van der Waals surface area contributed by atoms with Gasteiger partial charge < -0.3 is 5.32 Å². The fourth-order valence-corrected chi connectivity index (χ4v) is 4.43. The quantitative estimate of drug-likeness (QED) is 0.784. The molecule has 0 spiro atoms. The molecule has 1 N–H and O–H groups in total. The molecular weight excluding hydrogens is 389 g/mol. The van der Waals surface area contributed by atoms with Gasteiger partial charge in [0.05, 0.1) is 5.69 Å². The van der Waals surface area contributed by atoms with Crippen LogP contribution < -0.4 is 5.32 Å². The van der Waals surface area contributed by atoms with E-state index >= 15 is 0 Å². The van der Waals surface area contributed by atoms with Gasteiger partial charge in [0.1, 0.15) is 11.1 Å². The fourth-order valence-electron chi connectivity index (χ4n) is 3.22. The van der Waals surface area contributed by atoms with Crippen LogP contribution in [0, 0.1) is 19.7 Å². The maximum Gasteiger partial charge on any atom is 0.242 e. The van der Waals surface area contributed by atoms with Crippen LogP contribution in [0.3, 0.4) is 0 Å². The Kier molecular flexibility index (Phi) is 5.41. The van der Waals surface area contributed by atoms with Crippen LogP contribution >= 0.6 is 11.8 Å². The van der Waals surface area contributed by atoms with Gasteiger partial charge in [-0.25, -0.2) is 9.38 Å². The first-order valence-corrected chi connectivity index (χ1v) is 10.5. The normalized spacial score (nSPS) is 20.4. The highest BCUT2D eigenvalue weighted by molar-refractivity contribution is 8.15. The number of aryl methyl sites for hydroxylation is 2. The Morgan fingerprint density at radius 1 is 1.21 bits per heavy atom. The number of carbonyl (C=O) groups excluding carboxylic acids is 2. The minimum atomic E-state index is -0.500. The molecule has 0 bridgehead atoms. The second-order valence-electron chi connectivity index (χ2n) is 7.49. The van der Waals surface area contributed by atoms with Crippen LogP contribution in [0.5, 0.6) is 0 Å². The minimum Gasteiger partial charge on any atom is -0.326 e. The highest BCUT2D eigenvalue weighted by Crippen LogP contribution is 2.40. The van der Waals surface area contributed by atoms with Crippen molar-refractivity contribution < 1.29 is 14.0 Å². The summed E-state index contributed by atoms with van der Waals surface area (Å²) < 4.78 is 13.0. The number of amides is 2. The summed E-state index contributed by atoms with van der Waals surface area (Å²) in [7, 11) is 0. The molecule has 1 saturated heterocycles. The molecule has 1 heterocycles. The molecule has 4 rings (SSSR count). The predicted octanol–water partition coefficient (Wildman–Crippen LogP) is 4.57. The second-order valence-corrected chi connectivity index (χ2v) is 8.66. The third-order valence-electron chi connectivity index (χ3n) is 4.96. The van der Waals surface area contributed by atoms with Gasteiger partial charge in [-0.1, -0.05) is 23.9 Å². The zero-order valence-corrected chi connectivity index (χ0v) is 17.1. The molecule has 2 fully saturated rings. The van der Waals surface area contributed by atoms with E-state index in [1.807, 2.05) is 32.0 Å². The number of nitrogens with zero attached hydrogens (tertiary/aromatic N) is 2. The number of rotatable bonds is 5. The molecule has 1 atom stereocenters. The number of anilines is 1. The summed E-state index contributed by atoms with van der Waals surface area (Å²) >= 11 is 1.35. The lowest BCUT2D eigenvalue weighted by Crippen LogP contribution is -2.35. The van der Waals surface area contributed by atoms with Crippen molar-refractivity contribution in [3.8, 4) is 0 Å². The smallest absolute Gasteiger partial charge is 0.242 e. The number of aliphatic imine (C=N–C) groups is 1. The average Bonchev–Trinajstić information content (AvgIpc) is 3.46. The van der Waals surface area contributed by atoms with Gasteiger partial charge >= 0.3 is 0 Å². The molecule has 5 nitrogen and oxygen atoms in total. The van der Waals surface area contributed by atoms with Crippen molar-refractivity contribution in [2.45, 2.75) is 44.4 Å². The van der Waals surface area contributed by atoms with Gasteiger partial charge in [-0.2, -0.15) is 0 Å². The molecule has 1 aliphatic heterocycles. The van der Waals surface area contributed by atoms with Crippen molar-refractivity contribution in [1.29, 1.82) is 0 Å². The van der Waals surface area contributed by atoms with Crippen molar-refractivity contribution in [1.82, 2.24) is 4.90 Å². The van der Waals surface area contributed by atoms with Crippen LogP contribution in [0.1, 0.15) is 30.4 Å². The van der Waals surface area contributed by atoms with E-state index in [1.54, 1.807) is 4.90 Å². The third kappa shape index (κ3) is 4.50. The van der Waals surface area contributed by atoms with E-state index in [0.717, 1.165) is 29.7 Å². The van der Waals surface area contributed by atoms with Crippen LogP contribution in [0.25, 0.3) is 0 Å². The molecule has 0 radical (unpaired) electrons. The Morgan fingerprint density at radius 2 is 1.93 bits per heavy atom. The number of thioether (sulfide) groups is 1. The van der Waals surface area contributed by atoms with Crippen LogP contribution in [-0.4, -0.2) is 33.2 Å². The summed E-state index contributed by atoms with van der Waals surface area (Å²) in [5.41, 5.74) is 3.51. The number of benzene rings is 2. The highest BCUT2D eigenvalue weighted by atomic mass is 32.2. The van der Waals surface area contributed by atoms with Crippen molar-refractivity contribution in [3.63, 3.8) is 0 Å². The first-order valence-electron chi connectivity index (χ1n) is 9.62. The van der Waals surface area contributed by atoms with Crippen LogP contribution in [0.15, 0.2) is 47.5 Å². The first-order chi connectivity index (χ1) is 13.9. The Labute approximate surface area is 173 Å². The number of hydrogen-bond donors (Lipinski definition) is 1. The molecule has 2 aliphatic rings. The third-order valence-corrected chi connectivity index (χ3v) is 6.11. The van der Waals surface area contributed by atoms with E-state index in [2.05, 4.69) is 5.32 Å². The Morgan fingerprint density at radius 3 is 2.62 bits per heavy atom. The predicted molar refractivity (Wildman–Crippen MR) is 114 cm³/mol. The van der Waals surface area contributed by atoms with Crippen LogP contribution in [-0.2, 0) is 9.59 Å². The molecule has 1 saturated carbocycles. The monoisotopic (exact) mass is 411 g/mol. The SMILES string of the molecule is Cc1ccc(C)c(N=C2SC(CC(=O)Nc3ccc(F)cc3)C(=O)N2C2CC2)c1. The maximum atomic E-state index is 13.0. The Hall–Kier alpha value is -2.67. The summed E-state index contributed by atoms with van der Waals surface area (Å²) in [6, 6.07) is 11.8. The van der Waals surface area contributed by atoms with E-state index in [1.165, 1.54) is 36.0 Å². The molecular formula is C22H22FN3O2S. The highest BCUT2D eigenvalue weighted by Gasteiger charge is 2.46. The zero-order chi connectivity index (χ0) is 20.5. The summed E-state index contributed by atoms with van der Waals surface area (Å²) in [5.74, 6) is -0.695. The first kappa shape index (κ1) is 19.6. The van der Waals surface area contributed by atoms with Gasteiger partial charge in [0.15, 0.2) is 5.17 Å². The minimum absolute atomic E-state index is 0.0515. The number of halogens is 1. The summed E-state index contributed by atoms with van der Waals surface area (Å²) in [4.78, 5) is 31.9. The lowest BCUT2D eigenvalue weighted by atomic mass is 10.1. The lowest BCUT2D eigenvalue weighted by molar-refractivity contribution is -0.128. The fraction of sp³-hybridized carbons (Fsp3) is 0.318. The summed E-state index contributed by atoms with van der Waals surface area (Å²) in [6.07, 6.45) is 1.98. The second kappa shape index (κ2) is 7.99. The van der Waals surface area contributed by atoms with E-state index in [9.17, 15) is 14.0 Å². The van der Waals surface area contributed by atoms with Gasteiger partial charge in [-0.3, -0.25) is 14.5 Å². The molecule has 1 unspecified atom stereocenters. The maximum absolute atomic E-state index is 13.0. The van der Waals surface area contributed by atoms with Crippen molar-refractivity contribution in [2.24, 2.45) is 4.99 Å². The molecule has 7 heteroatoms. The summed E-state index contributed by atoms with van der Waals surface area (Å²) in [6.45, 7) is 4.01. The topological polar surface area (TPSA) is 61.8 Å². The van der Waals surface area contributed by atoms with E-state index in [4.69, 9.17) is 4.99 Å². The number of amidine groups is 1. The standard InChI is InChI=1S/C22H22FN3O2S/c1-13-3-4-14(2)18(11-13)25-22-26(17-9-10-17)21(28)19(29-22)12-20(27)24-16-7-5-15(23)6-8-16/h3-8,11,17,19H,9-10,12H2,1-2H3,(H,24,27).